The van der Waals surface area contributed by atoms with Crippen LogP contribution in [0.5, 0.6) is 0 Å². The first-order valence-corrected chi connectivity index (χ1v) is 9.96. The molecule has 116 valence electrons. The van der Waals surface area contributed by atoms with Gasteiger partial charge in [-0.2, -0.15) is 0 Å². The first kappa shape index (κ1) is 15.4. The van der Waals surface area contributed by atoms with Crippen molar-refractivity contribution in [3.05, 3.63) is 35.9 Å². The number of hydrogen-bond donors (Lipinski definition) is 0. The minimum atomic E-state index is 0.356. The van der Waals surface area contributed by atoms with Crippen molar-refractivity contribution in [3.63, 3.8) is 0 Å². The van der Waals surface area contributed by atoms with Crippen molar-refractivity contribution in [1.29, 1.82) is 0 Å². The largest absolute Gasteiger partial charge is 0.376 e. The van der Waals surface area contributed by atoms with Crippen molar-refractivity contribution >= 4 is 10.9 Å². The molecule has 0 saturated heterocycles. The Morgan fingerprint density at radius 2 is 1.86 bits per heavy atom. The van der Waals surface area contributed by atoms with Crippen molar-refractivity contribution < 1.29 is 4.74 Å². The minimum Gasteiger partial charge on any atom is -0.376 e. The third kappa shape index (κ3) is 2.17. The Kier molecular flexibility index (Phi) is 3.90. The summed E-state index contributed by atoms with van der Waals surface area (Å²) in [5, 5.41) is 0.726. The van der Waals surface area contributed by atoms with Crippen LogP contribution in [0.4, 0.5) is 0 Å². The third-order valence-electron chi connectivity index (χ3n) is 6.65. The van der Waals surface area contributed by atoms with E-state index in [4.69, 9.17) is 4.74 Å². The molecule has 0 N–H and O–H groups in total. The van der Waals surface area contributed by atoms with Crippen LogP contribution in [0.1, 0.15) is 39.2 Å². The van der Waals surface area contributed by atoms with Crippen LogP contribution in [0.2, 0.25) is 0 Å². The van der Waals surface area contributed by atoms with E-state index in [0.717, 1.165) is 11.2 Å². The molecule has 2 fully saturated rings. The minimum absolute atomic E-state index is 0.356. The van der Waals surface area contributed by atoms with Gasteiger partial charge in [0.05, 0.1) is 6.26 Å². The molecule has 2 bridgehead atoms. The van der Waals surface area contributed by atoms with Crippen molar-refractivity contribution in [1.82, 2.24) is 0 Å². The predicted octanol–water partition coefficient (Wildman–Crippen LogP) is 4.27. The molecular weight excluding hydrogens is 276 g/mol. The van der Waals surface area contributed by atoms with E-state index < -0.39 is 0 Å². The average Bonchev–Trinajstić information content (AvgIpc) is 2.78. The fourth-order valence-electron chi connectivity index (χ4n) is 5.04. The highest BCUT2D eigenvalue weighted by Crippen LogP contribution is 2.67. The van der Waals surface area contributed by atoms with E-state index in [0.29, 0.717) is 27.8 Å². The van der Waals surface area contributed by atoms with Gasteiger partial charge >= 0.3 is 0 Å². The lowest BCUT2D eigenvalue weighted by atomic mass is 9.70. The van der Waals surface area contributed by atoms with E-state index >= 15 is 0 Å². The second kappa shape index (κ2) is 5.31. The van der Waals surface area contributed by atoms with Gasteiger partial charge in [-0.25, -0.2) is 0 Å². The summed E-state index contributed by atoms with van der Waals surface area (Å²) in [5.41, 5.74) is 2.25. The molecule has 2 aliphatic rings. The van der Waals surface area contributed by atoms with Gasteiger partial charge in [-0.1, -0.05) is 51.1 Å². The zero-order valence-corrected chi connectivity index (χ0v) is 14.9. The van der Waals surface area contributed by atoms with E-state index in [1.807, 2.05) is 7.11 Å². The van der Waals surface area contributed by atoms with E-state index in [2.05, 4.69) is 57.4 Å². The van der Waals surface area contributed by atoms with Gasteiger partial charge in [0.15, 0.2) is 0 Å². The Hall–Kier alpha value is -0.470. The summed E-state index contributed by atoms with van der Waals surface area (Å²) < 4.78 is 6.06. The molecule has 2 saturated carbocycles. The van der Waals surface area contributed by atoms with Gasteiger partial charge in [-0.15, -0.1) is 0 Å². The third-order valence-corrected chi connectivity index (χ3v) is 8.95. The van der Waals surface area contributed by atoms with Crippen LogP contribution >= 0.6 is 0 Å². The first-order valence-electron chi connectivity index (χ1n) is 8.10. The van der Waals surface area contributed by atoms with Gasteiger partial charge in [-0.3, -0.25) is 0 Å². The van der Waals surface area contributed by atoms with Crippen LogP contribution in [0.3, 0.4) is 0 Å². The SMILES string of the molecule is CO[C@@H]1C([S+](C)Cc2ccccc2)[C@H]2CC[C@]1(C)C2(C)C. The van der Waals surface area contributed by atoms with E-state index in [1.54, 1.807) is 0 Å². The lowest BCUT2D eigenvalue weighted by molar-refractivity contribution is -0.0180. The predicted molar refractivity (Wildman–Crippen MR) is 92.6 cm³/mol. The van der Waals surface area contributed by atoms with Gasteiger partial charge in [-0.05, 0) is 29.2 Å². The molecule has 21 heavy (non-hydrogen) atoms. The summed E-state index contributed by atoms with van der Waals surface area (Å²) in [5.74, 6) is 2.03. The molecule has 2 heteroatoms. The van der Waals surface area contributed by atoms with Gasteiger partial charge in [0.1, 0.15) is 17.1 Å². The molecule has 2 unspecified atom stereocenters. The lowest BCUT2D eigenvalue weighted by Gasteiger charge is -2.38. The Balaban J connectivity index is 1.85. The fourth-order valence-corrected chi connectivity index (χ4v) is 7.82. The van der Waals surface area contributed by atoms with Crippen LogP contribution in [0.15, 0.2) is 30.3 Å². The van der Waals surface area contributed by atoms with E-state index in [-0.39, 0.29) is 0 Å². The standard InChI is InChI=1S/C19H29OS/c1-18(2)15-11-12-19(18,3)17(20-4)16(15)21(5)13-14-9-7-6-8-10-14/h6-10,15-17H,11-13H2,1-5H3/q+1/t15-,16?,17-,19+,21?/m1/s1. The normalized spacial score (nSPS) is 38.6. The Morgan fingerprint density at radius 3 is 2.48 bits per heavy atom. The zero-order chi connectivity index (χ0) is 15.3. The maximum absolute atomic E-state index is 6.06. The second-order valence-electron chi connectivity index (χ2n) is 7.73. The van der Waals surface area contributed by atoms with Crippen LogP contribution in [0.25, 0.3) is 0 Å². The molecule has 0 radical (unpaired) electrons. The maximum atomic E-state index is 6.06. The number of hydrogen-bond acceptors (Lipinski definition) is 1. The summed E-state index contributed by atoms with van der Waals surface area (Å²) in [4.78, 5) is 0. The number of ether oxygens (including phenoxy) is 1. The molecule has 0 amide bonds. The zero-order valence-electron chi connectivity index (χ0n) is 14.1. The smallest absolute Gasteiger partial charge is 0.148 e. The van der Waals surface area contributed by atoms with Crippen LogP contribution < -0.4 is 0 Å². The second-order valence-corrected chi connectivity index (χ2v) is 9.94. The average molecular weight is 306 g/mol. The van der Waals surface area contributed by atoms with Crippen molar-refractivity contribution in [2.75, 3.05) is 13.4 Å². The molecular formula is C19H29OS+. The summed E-state index contributed by atoms with van der Waals surface area (Å²) in [6.07, 6.45) is 5.62. The molecule has 1 aromatic rings. The van der Waals surface area contributed by atoms with Gasteiger partial charge in [0.2, 0.25) is 0 Å². The van der Waals surface area contributed by atoms with Crippen LogP contribution in [-0.2, 0) is 21.4 Å². The van der Waals surface area contributed by atoms with Gasteiger partial charge in [0.25, 0.3) is 0 Å². The molecule has 1 aromatic carbocycles. The molecule has 5 atom stereocenters. The Labute approximate surface area is 132 Å². The molecule has 1 nitrogen and oxygen atoms in total. The molecule has 0 aliphatic heterocycles. The summed E-state index contributed by atoms with van der Waals surface area (Å²) in [6.45, 7) is 7.44. The molecule has 3 rings (SSSR count). The van der Waals surface area contributed by atoms with E-state index in [9.17, 15) is 0 Å². The number of rotatable bonds is 4. The molecule has 0 aromatic heterocycles. The Bertz CT molecular complexity index is 498. The van der Waals surface area contributed by atoms with Crippen LogP contribution in [-0.4, -0.2) is 24.7 Å². The summed E-state index contributed by atoms with van der Waals surface area (Å²) in [6, 6.07) is 11.0. The summed E-state index contributed by atoms with van der Waals surface area (Å²) >= 11 is 0. The molecule has 0 spiro atoms. The quantitative estimate of drug-likeness (QED) is 0.755. The number of methoxy groups -OCH3 is 1. The fraction of sp³-hybridized carbons (Fsp3) is 0.684. The monoisotopic (exact) mass is 305 g/mol. The Morgan fingerprint density at radius 1 is 1.19 bits per heavy atom. The molecule has 0 heterocycles. The highest BCUT2D eigenvalue weighted by molar-refractivity contribution is 7.96. The summed E-state index contributed by atoms with van der Waals surface area (Å²) in [7, 11) is 2.31. The number of benzene rings is 1. The first-order chi connectivity index (χ1) is 9.91. The highest BCUT2D eigenvalue weighted by atomic mass is 32.2. The highest BCUT2D eigenvalue weighted by Gasteiger charge is 2.70. The van der Waals surface area contributed by atoms with Crippen molar-refractivity contribution in [2.24, 2.45) is 16.7 Å². The van der Waals surface area contributed by atoms with Gasteiger partial charge in [0, 0.05) is 24.0 Å². The topological polar surface area (TPSA) is 9.23 Å². The van der Waals surface area contributed by atoms with Gasteiger partial charge < -0.3 is 4.74 Å². The van der Waals surface area contributed by atoms with Crippen LogP contribution in [0, 0.1) is 16.7 Å². The maximum Gasteiger partial charge on any atom is 0.148 e. The lowest BCUT2D eigenvalue weighted by Crippen LogP contribution is -2.44. The van der Waals surface area contributed by atoms with Crippen molar-refractivity contribution in [3.8, 4) is 0 Å². The van der Waals surface area contributed by atoms with E-state index in [1.165, 1.54) is 24.2 Å². The van der Waals surface area contributed by atoms with Crippen molar-refractivity contribution in [2.45, 2.75) is 50.7 Å². The molecule has 2 aliphatic carbocycles. The number of fused-ring (bicyclic) bond motifs is 2.